The van der Waals surface area contributed by atoms with Gasteiger partial charge in [-0.25, -0.2) is 4.39 Å². The van der Waals surface area contributed by atoms with Crippen LogP contribution in [0.3, 0.4) is 0 Å². The molecular formula is C22H23FN4O3S. The van der Waals surface area contributed by atoms with Crippen LogP contribution in [-0.4, -0.2) is 39.9 Å². The third kappa shape index (κ3) is 6.39. The molecule has 1 N–H and O–H groups in total. The van der Waals surface area contributed by atoms with Crippen molar-refractivity contribution in [3.63, 3.8) is 0 Å². The standard InChI is InChI=1S/C22H23FN4O3S/c1-3-27(13-21(28)24-12-16-8-10-17(23)11-9-16)22(29)18-6-4-5-7-19(18)31-14-20-25-15(2)30-26-20/h4-11H,3,12-14H2,1-2H3,(H,24,28). The Labute approximate surface area is 184 Å². The van der Waals surface area contributed by atoms with E-state index < -0.39 is 0 Å². The summed E-state index contributed by atoms with van der Waals surface area (Å²) in [4.78, 5) is 31.9. The van der Waals surface area contributed by atoms with Gasteiger partial charge in [0.15, 0.2) is 5.82 Å². The average molecular weight is 443 g/mol. The van der Waals surface area contributed by atoms with E-state index >= 15 is 0 Å². The summed E-state index contributed by atoms with van der Waals surface area (Å²) in [6, 6.07) is 13.1. The molecule has 2 aromatic carbocycles. The van der Waals surface area contributed by atoms with Gasteiger partial charge in [-0.1, -0.05) is 29.4 Å². The zero-order valence-corrected chi connectivity index (χ0v) is 18.1. The molecule has 3 rings (SSSR count). The van der Waals surface area contributed by atoms with Crippen LogP contribution in [-0.2, 0) is 17.1 Å². The summed E-state index contributed by atoms with van der Waals surface area (Å²) in [6.07, 6.45) is 0. The zero-order chi connectivity index (χ0) is 22.2. The summed E-state index contributed by atoms with van der Waals surface area (Å²) >= 11 is 1.43. The number of rotatable bonds is 9. The Bertz CT molecular complexity index is 1040. The number of benzene rings is 2. The summed E-state index contributed by atoms with van der Waals surface area (Å²) < 4.78 is 18.0. The minimum Gasteiger partial charge on any atom is -0.350 e. The van der Waals surface area contributed by atoms with E-state index in [1.54, 1.807) is 31.2 Å². The normalized spacial score (nSPS) is 10.7. The summed E-state index contributed by atoms with van der Waals surface area (Å²) in [5.41, 5.74) is 1.29. The highest BCUT2D eigenvalue weighted by molar-refractivity contribution is 7.98. The molecule has 0 spiro atoms. The maximum Gasteiger partial charge on any atom is 0.255 e. The fourth-order valence-electron chi connectivity index (χ4n) is 2.84. The maximum atomic E-state index is 13.1. The smallest absolute Gasteiger partial charge is 0.255 e. The number of carbonyl (C=O) groups excluding carboxylic acids is 2. The molecule has 3 aromatic rings. The van der Waals surface area contributed by atoms with E-state index in [-0.39, 0.29) is 30.7 Å². The molecule has 162 valence electrons. The number of hydrogen-bond donors (Lipinski definition) is 1. The fourth-order valence-corrected chi connectivity index (χ4v) is 3.73. The van der Waals surface area contributed by atoms with Crippen LogP contribution in [0.2, 0.25) is 0 Å². The number of nitrogens with one attached hydrogen (secondary N) is 1. The van der Waals surface area contributed by atoms with Crippen LogP contribution in [0.4, 0.5) is 4.39 Å². The molecule has 7 nitrogen and oxygen atoms in total. The predicted octanol–water partition coefficient (Wildman–Crippen LogP) is 3.59. The van der Waals surface area contributed by atoms with E-state index in [4.69, 9.17) is 4.52 Å². The quantitative estimate of drug-likeness (QED) is 0.510. The molecule has 0 radical (unpaired) electrons. The molecule has 0 saturated carbocycles. The van der Waals surface area contributed by atoms with Crippen molar-refractivity contribution in [2.45, 2.75) is 31.0 Å². The van der Waals surface area contributed by atoms with Gasteiger partial charge in [-0.05, 0) is 36.8 Å². The molecule has 0 aliphatic rings. The summed E-state index contributed by atoms with van der Waals surface area (Å²) in [7, 11) is 0. The lowest BCUT2D eigenvalue weighted by molar-refractivity contribution is -0.121. The highest BCUT2D eigenvalue weighted by Gasteiger charge is 2.20. The minimum atomic E-state index is -0.330. The number of halogens is 1. The fraction of sp³-hybridized carbons (Fsp3) is 0.273. The summed E-state index contributed by atoms with van der Waals surface area (Å²) in [6.45, 7) is 4.12. The molecular weight excluding hydrogens is 419 g/mol. The van der Waals surface area contributed by atoms with Crippen molar-refractivity contribution in [3.05, 3.63) is 77.2 Å². The van der Waals surface area contributed by atoms with Crippen molar-refractivity contribution in [2.24, 2.45) is 0 Å². The van der Waals surface area contributed by atoms with Crippen LogP contribution in [0.25, 0.3) is 0 Å². The van der Waals surface area contributed by atoms with Crippen molar-refractivity contribution in [1.29, 1.82) is 0 Å². The second-order valence-electron chi connectivity index (χ2n) is 6.74. The summed E-state index contributed by atoms with van der Waals surface area (Å²) in [5.74, 6) is 0.662. The molecule has 1 heterocycles. The van der Waals surface area contributed by atoms with Crippen molar-refractivity contribution < 1.29 is 18.5 Å². The first-order valence-electron chi connectivity index (χ1n) is 9.77. The predicted molar refractivity (Wildman–Crippen MR) is 115 cm³/mol. The van der Waals surface area contributed by atoms with Crippen LogP contribution < -0.4 is 5.32 Å². The Hall–Kier alpha value is -3.20. The number of hydrogen-bond acceptors (Lipinski definition) is 6. The first-order chi connectivity index (χ1) is 15.0. The number of thioether (sulfide) groups is 1. The molecule has 2 amide bonds. The van der Waals surface area contributed by atoms with Gasteiger partial charge in [-0.2, -0.15) is 4.98 Å². The van der Waals surface area contributed by atoms with Gasteiger partial charge in [-0.3, -0.25) is 9.59 Å². The van der Waals surface area contributed by atoms with Crippen LogP contribution in [0.5, 0.6) is 0 Å². The van der Waals surface area contributed by atoms with Crippen molar-refractivity contribution in [1.82, 2.24) is 20.4 Å². The zero-order valence-electron chi connectivity index (χ0n) is 17.3. The number of likely N-dealkylation sites (N-methyl/N-ethyl adjacent to an activating group) is 1. The molecule has 0 fully saturated rings. The SMILES string of the molecule is CCN(CC(=O)NCc1ccc(F)cc1)C(=O)c1ccccc1SCc1noc(C)n1. The minimum absolute atomic E-state index is 0.0699. The highest BCUT2D eigenvalue weighted by Crippen LogP contribution is 2.26. The van der Waals surface area contributed by atoms with Gasteiger partial charge in [0.05, 0.1) is 17.9 Å². The van der Waals surface area contributed by atoms with Gasteiger partial charge in [0.1, 0.15) is 5.82 Å². The molecule has 0 saturated heterocycles. The highest BCUT2D eigenvalue weighted by atomic mass is 32.2. The van der Waals surface area contributed by atoms with Crippen LogP contribution in [0.1, 0.15) is 34.6 Å². The second-order valence-corrected chi connectivity index (χ2v) is 7.75. The molecule has 0 bridgehead atoms. The van der Waals surface area contributed by atoms with Crippen molar-refractivity contribution in [3.8, 4) is 0 Å². The van der Waals surface area contributed by atoms with Crippen molar-refractivity contribution >= 4 is 23.6 Å². The van der Waals surface area contributed by atoms with Gasteiger partial charge in [0.25, 0.3) is 5.91 Å². The molecule has 31 heavy (non-hydrogen) atoms. The number of carbonyl (C=O) groups is 2. The van der Waals surface area contributed by atoms with E-state index in [2.05, 4.69) is 15.5 Å². The first-order valence-corrected chi connectivity index (χ1v) is 10.8. The lowest BCUT2D eigenvalue weighted by Crippen LogP contribution is -2.40. The van der Waals surface area contributed by atoms with Crippen molar-refractivity contribution in [2.75, 3.05) is 13.1 Å². The molecule has 0 aliphatic heterocycles. The van der Waals surface area contributed by atoms with Gasteiger partial charge in [0, 0.05) is 24.9 Å². The Morgan fingerprint density at radius 3 is 2.58 bits per heavy atom. The Morgan fingerprint density at radius 1 is 1.16 bits per heavy atom. The largest absolute Gasteiger partial charge is 0.350 e. The monoisotopic (exact) mass is 442 g/mol. The lowest BCUT2D eigenvalue weighted by atomic mass is 10.2. The van der Waals surface area contributed by atoms with Crippen LogP contribution in [0.15, 0.2) is 57.9 Å². The molecule has 1 aromatic heterocycles. The number of amides is 2. The molecule has 0 unspecified atom stereocenters. The lowest BCUT2D eigenvalue weighted by Gasteiger charge is -2.21. The second kappa shape index (κ2) is 10.7. The summed E-state index contributed by atoms with van der Waals surface area (Å²) in [5, 5.41) is 6.64. The van der Waals surface area contributed by atoms with Gasteiger partial charge < -0.3 is 14.7 Å². The Morgan fingerprint density at radius 2 is 1.90 bits per heavy atom. The molecule has 0 aliphatic carbocycles. The van der Waals surface area contributed by atoms with E-state index in [1.807, 2.05) is 19.1 Å². The first kappa shape index (κ1) is 22.5. The molecule has 0 atom stereocenters. The average Bonchev–Trinajstić information content (AvgIpc) is 3.20. The third-order valence-electron chi connectivity index (χ3n) is 4.45. The number of aromatic nitrogens is 2. The van der Waals surface area contributed by atoms with Crippen LogP contribution in [0, 0.1) is 12.7 Å². The van der Waals surface area contributed by atoms with Crippen LogP contribution >= 0.6 is 11.8 Å². The Balaban J connectivity index is 1.61. The Kier molecular flexibility index (Phi) is 7.77. The van der Waals surface area contributed by atoms with E-state index in [0.29, 0.717) is 29.6 Å². The topological polar surface area (TPSA) is 88.3 Å². The maximum absolute atomic E-state index is 13.1. The molecule has 9 heteroatoms. The third-order valence-corrected chi connectivity index (χ3v) is 5.52. The van der Waals surface area contributed by atoms with E-state index in [1.165, 1.54) is 28.8 Å². The number of aryl methyl sites for hydroxylation is 1. The van der Waals surface area contributed by atoms with E-state index in [9.17, 15) is 14.0 Å². The van der Waals surface area contributed by atoms with Gasteiger partial charge in [0.2, 0.25) is 11.8 Å². The van der Waals surface area contributed by atoms with Gasteiger partial charge in [-0.15, -0.1) is 11.8 Å². The van der Waals surface area contributed by atoms with Gasteiger partial charge >= 0.3 is 0 Å². The number of nitrogens with zero attached hydrogens (tertiary/aromatic N) is 3. The van der Waals surface area contributed by atoms with E-state index in [0.717, 1.165) is 10.5 Å².